The van der Waals surface area contributed by atoms with E-state index in [2.05, 4.69) is 39.0 Å². The maximum absolute atomic E-state index is 2.51. The molecule has 1 fully saturated rings. The summed E-state index contributed by atoms with van der Waals surface area (Å²) in [7, 11) is 0. The van der Waals surface area contributed by atoms with Crippen molar-refractivity contribution in [3.8, 4) is 0 Å². The summed E-state index contributed by atoms with van der Waals surface area (Å²) in [5.74, 6) is 0. The van der Waals surface area contributed by atoms with Crippen molar-refractivity contribution in [3.05, 3.63) is 34.9 Å². The Labute approximate surface area is 145 Å². The van der Waals surface area contributed by atoms with Crippen LogP contribution in [0.1, 0.15) is 108 Å². The zero-order valence-electron chi connectivity index (χ0n) is 15.9. The molecule has 0 amide bonds. The first-order valence-electron chi connectivity index (χ1n) is 10.3. The van der Waals surface area contributed by atoms with E-state index >= 15 is 0 Å². The Balaban J connectivity index is 2.14. The third kappa shape index (κ3) is 5.10. The van der Waals surface area contributed by atoms with E-state index in [1.807, 2.05) is 0 Å². The molecule has 0 heterocycles. The molecular weight excluding hydrogens is 276 g/mol. The minimum atomic E-state index is 0.499. The second-order valence-electron chi connectivity index (χ2n) is 7.90. The third-order valence-corrected chi connectivity index (χ3v) is 6.00. The summed E-state index contributed by atoms with van der Waals surface area (Å²) >= 11 is 0. The van der Waals surface area contributed by atoms with E-state index in [0.29, 0.717) is 5.41 Å². The molecule has 0 aromatic heterocycles. The van der Waals surface area contributed by atoms with E-state index in [1.54, 1.807) is 16.7 Å². The van der Waals surface area contributed by atoms with E-state index in [1.165, 1.54) is 83.5 Å². The summed E-state index contributed by atoms with van der Waals surface area (Å²) in [6.45, 7) is 6.98. The van der Waals surface area contributed by atoms with Crippen LogP contribution < -0.4 is 0 Å². The molecule has 1 aliphatic carbocycles. The molecule has 0 saturated heterocycles. The van der Waals surface area contributed by atoms with Crippen LogP contribution in [-0.2, 0) is 11.8 Å². The SMILES string of the molecule is CCCCCc1ccc(C2(CCCCC)CCCCC2)c(C)c1. The van der Waals surface area contributed by atoms with Gasteiger partial charge in [0.25, 0.3) is 0 Å². The standard InChI is InChI=1S/C23H38/c1-4-6-9-13-21-14-15-22(20(3)19-21)23(16-10-7-5-2)17-11-8-12-18-23/h14-15,19H,4-13,16-18H2,1-3H3. The van der Waals surface area contributed by atoms with E-state index in [-0.39, 0.29) is 0 Å². The summed E-state index contributed by atoms with van der Waals surface area (Å²) < 4.78 is 0. The molecule has 0 radical (unpaired) electrons. The van der Waals surface area contributed by atoms with Gasteiger partial charge in [-0.05, 0) is 61.1 Å². The minimum Gasteiger partial charge on any atom is -0.0654 e. The van der Waals surface area contributed by atoms with Gasteiger partial charge in [-0.3, -0.25) is 0 Å². The molecule has 1 aliphatic rings. The Bertz CT molecular complexity index is 451. The van der Waals surface area contributed by atoms with Crippen molar-refractivity contribution in [1.82, 2.24) is 0 Å². The van der Waals surface area contributed by atoms with Crippen molar-refractivity contribution in [2.45, 2.75) is 110 Å². The maximum atomic E-state index is 2.51. The van der Waals surface area contributed by atoms with Gasteiger partial charge >= 0.3 is 0 Å². The van der Waals surface area contributed by atoms with Gasteiger partial charge in [-0.15, -0.1) is 0 Å². The lowest BCUT2D eigenvalue weighted by Gasteiger charge is -2.39. The molecule has 1 aromatic carbocycles. The summed E-state index contributed by atoms with van der Waals surface area (Å²) in [5, 5.41) is 0. The molecule has 0 atom stereocenters. The first kappa shape index (κ1) is 18.6. The second kappa shape index (κ2) is 9.50. The van der Waals surface area contributed by atoms with Crippen LogP contribution >= 0.6 is 0 Å². The first-order valence-corrected chi connectivity index (χ1v) is 10.3. The molecular formula is C23H38. The van der Waals surface area contributed by atoms with Crippen LogP contribution in [0.25, 0.3) is 0 Å². The molecule has 1 saturated carbocycles. The molecule has 0 heteroatoms. The average molecular weight is 315 g/mol. The van der Waals surface area contributed by atoms with Gasteiger partial charge in [0.2, 0.25) is 0 Å². The van der Waals surface area contributed by atoms with Crippen LogP contribution in [0, 0.1) is 6.92 Å². The van der Waals surface area contributed by atoms with E-state index in [4.69, 9.17) is 0 Å². The zero-order valence-corrected chi connectivity index (χ0v) is 15.9. The Morgan fingerprint density at radius 2 is 1.57 bits per heavy atom. The summed E-state index contributed by atoms with van der Waals surface area (Å²) in [4.78, 5) is 0. The van der Waals surface area contributed by atoms with Crippen molar-refractivity contribution in [3.63, 3.8) is 0 Å². The molecule has 130 valence electrons. The molecule has 0 spiro atoms. The van der Waals surface area contributed by atoms with E-state index in [9.17, 15) is 0 Å². The Morgan fingerprint density at radius 1 is 0.870 bits per heavy atom. The van der Waals surface area contributed by atoms with Crippen LogP contribution in [0.5, 0.6) is 0 Å². The first-order chi connectivity index (χ1) is 11.2. The Morgan fingerprint density at radius 3 is 2.22 bits per heavy atom. The van der Waals surface area contributed by atoms with Crippen LogP contribution in [-0.4, -0.2) is 0 Å². The van der Waals surface area contributed by atoms with Crippen molar-refractivity contribution in [2.24, 2.45) is 0 Å². The number of aryl methyl sites for hydroxylation is 2. The van der Waals surface area contributed by atoms with Crippen molar-refractivity contribution < 1.29 is 0 Å². The van der Waals surface area contributed by atoms with Crippen LogP contribution in [0.15, 0.2) is 18.2 Å². The van der Waals surface area contributed by atoms with E-state index in [0.717, 1.165) is 0 Å². The average Bonchev–Trinajstić information content (AvgIpc) is 2.56. The molecule has 23 heavy (non-hydrogen) atoms. The molecule has 0 N–H and O–H groups in total. The van der Waals surface area contributed by atoms with Gasteiger partial charge in [-0.25, -0.2) is 0 Å². The third-order valence-electron chi connectivity index (χ3n) is 6.00. The normalized spacial score (nSPS) is 17.3. The highest BCUT2D eigenvalue weighted by Crippen LogP contribution is 2.44. The fraction of sp³-hybridized carbons (Fsp3) is 0.739. The lowest BCUT2D eigenvalue weighted by atomic mass is 9.65. The summed E-state index contributed by atoms with van der Waals surface area (Å²) in [6.07, 6.45) is 18.0. The monoisotopic (exact) mass is 314 g/mol. The highest BCUT2D eigenvalue weighted by Gasteiger charge is 2.34. The van der Waals surface area contributed by atoms with Gasteiger partial charge in [0.05, 0.1) is 0 Å². The molecule has 1 aromatic rings. The van der Waals surface area contributed by atoms with Crippen LogP contribution in [0.4, 0.5) is 0 Å². The van der Waals surface area contributed by atoms with Gasteiger partial charge in [-0.1, -0.05) is 83.4 Å². The van der Waals surface area contributed by atoms with Gasteiger partial charge < -0.3 is 0 Å². The minimum absolute atomic E-state index is 0.499. The molecule has 0 unspecified atom stereocenters. The van der Waals surface area contributed by atoms with Crippen molar-refractivity contribution in [1.29, 1.82) is 0 Å². The highest BCUT2D eigenvalue weighted by atomic mass is 14.4. The molecule has 0 nitrogen and oxygen atoms in total. The Kier molecular flexibility index (Phi) is 7.66. The van der Waals surface area contributed by atoms with Gasteiger partial charge in [-0.2, -0.15) is 0 Å². The number of unbranched alkanes of at least 4 members (excludes halogenated alkanes) is 4. The van der Waals surface area contributed by atoms with E-state index < -0.39 is 0 Å². The lowest BCUT2D eigenvalue weighted by Crippen LogP contribution is -2.30. The van der Waals surface area contributed by atoms with Crippen LogP contribution in [0.2, 0.25) is 0 Å². The predicted octanol–water partition coefficient (Wildman–Crippen LogP) is 7.51. The van der Waals surface area contributed by atoms with Crippen molar-refractivity contribution in [2.75, 3.05) is 0 Å². The number of hydrogen-bond acceptors (Lipinski definition) is 0. The summed E-state index contributed by atoms with van der Waals surface area (Å²) in [5.41, 5.74) is 5.31. The van der Waals surface area contributed by atoms with Gasteiger partial charge in [0.1, 0.15) is 0 Å². The van der Waals surface area contributed by atoms with Crippen LogP contribution in [0.3, 0.4) is 0 Å². The fourth-order valence-corrected chi connectivity index (χ4v) is 4.65. The van der Waals surface area contributed by atoms with Crippen molar-refractivity contribution >= 4 is 0 Å². The quantitative estimate of drug-likeness (QED) is 0.414. The lowest BCUT2D eigenvalue weighted by molar-refractivity contribution is 0.265. The highest BCUT2D eigenvalue weighted by molar-refractivity contribution is 5.37. The molecule has 2 rings (SSSR count). The molecule has 0 bridgehead atoms. The zero-order chi connectivity index (χ0) is 16.5. The summed E-state index contributed by atoms with van der Waals surface area (Å²) in [6, 6.07) is 7.45. The second-order valence-corrected chi connectivity index (χ2v) is 7.90. The number of rotatable bonds is 9. The molecule has 0 aliphatic heterocycles. The largest absolute Gasteiger partial charge is 0.0654 e. The maximum Gasteiger partial charge on any atom is -0.00443 e. The number of benzene rings is 1. The van der Waals surface area contributed by atoms with Gasteiger partial charge in [0, 0.05) is 0 Å². The number of hydrogen-bond donors (Lipinski definition) is 0. The predicted molar refractivity (Wildman–Crippen MR) is 103 cm³/mol. The fourth-order valence-electron chi connectivity index (χ4n) is 4.65. The Hall–Kier alpha value is -0.780. The topological polar surface area (TPSA) is 0 Å². The smallest absolute Gasteiger partial charge is 0.00443 e. The van der Waals surface area contributed by atoms with Gasteiger partial charge in [0.15, 0.2) is 0 Å².